The number of rotatable bonds is 9. The van der Waals surface area contributed by atoms with E-state index in [9.17, 15) is 4.79 Å². The number of hydrogen-bond donors (Lipinski definition) is 1. The topological polar surface area (TPSA) is 40.5 Å². The molecule has 21 heavy (non-hydrogen) atoms. The molecular formula is C16H24ClNO2S. The van der Waals surface area contributed by atoms with Gasteiger partial charge >= 0.3 is 0 Å². The molecule has 0 aliphatic heterocycles. The van der Waals surface area contributed by atoms with Crippen molar-refractivity contribution >= 4 is 29.3 Å². The molecule has 0 bridgehead atoms. The van der Waals surface area contributed by atoms with Crippen LogP contribution in [-0.2, 0) is 4.79 Å². The zero-order chi connectivity index (χ0) is 15.7. The van der Waals surface area contributed by atoms with Crippen molar-refractivity contribution in [3.05, 3.63) is 29.3 Å². The molecule has 5 heteroatoms. The second kappa shape index (κ2) is 10.1. The number of carbonyl (C=O) groups excluding carboxylic acids is 1. The van der Waals surface area contributed by atoms with Crippen molar-refractivity contribution in [1.82, 2.24) is 4.90 Å². The van der Waals surface area contributed by atoms with Gasteiger partial charge in [-0.3, -0.25) is 4.79 Å². The molecule has 0 saturated heterocycles. The third-order valence-electron chi connectivity index (χ3n) is 3.44. The van der Waals surface area contributed by atoms with Crippen molar-refractivity contribution in [1.29, 1.82) is 0 Å². The Morgan fingerprint density at radius 1 is 1.29 bits per heavy atom. The predicted molar refractivity (Wildman–Crippen MR) is 90.0 cm³/mol. The number of hydrogen-bond acceptors (Lipinski definition) is 3. The van der Waals surface area contributed by atoms with Crippen LogP contribution in [0.3, 0.4) is 0 Å². The lowest BCUT2D eigenvalue weighted by Crippen LogP contribution is -2.41. The molecule has 1 rings (SSSR count). The van der Waals surface area contributed by atoms with Crippen molar-refractivity contribution in [2.75, 3.05) is 18.9 Å². The van der Waals surface area contributed by atoms with Crippen LogP contribution in [-0.4, -0.2) is 40.9 Å². The molecule has 0 aliphatic carbocycles. The molecule has 0 atom stereocenters. The van der Waals surface area contributed by atoms with Crippen LogP contribution < -0.4 is 0 Å². The van der Waals surface area contributed by atoms with Gasteiger partial charge < -0.3 is 10.0 Å². The first-order chi connectivity index (χ1) is 10.1. The van der Waals surface area contributed by atoms with E-state index in [2.05, 4.69) is 13.8 Å². The van der Waals surface area contributed by atoms with Gasteiger partial charge in [-0.1, -0.05) is 25.4 Å². The van der Waals surface area contributed by atoms with Crippen LogP contribution in [0.4, 0.5) is 0 Å². The first-order valence-corrected chi connectivity index (χ1v) is 8.77. The minimum atomic E-state index is 0.0204. The zero-order valence-corrected chi connectivity index (χ0v) is 14.3. The summed E-state index contributed by atoms with van der Waals surface area (Å²) < 4.78 is 0. The second-order valence-corrected chi connectivity index (χ2v) is 6.44. The lowest BCUT2D eigenvalue weighted by molar-refractivity contribution is -0.133. The van der Waals surface area contributed by atoms with Crippen LogP contribution in [0.15, 0.2) is 29.2 Å². The number of aliphatic hydroxyl groups is 1. The highest BCUT2D eigenvalue weighted by Crippen LogP contribution is 2.21. The quantitative estimate of drug-likeness (QED) is 0.700. The Hall–Kier alpha value is -0.710. The number of nitrogens with zero attached hydrogens (tertiary/aromatic N) is 1. The molecule has 1 N–H and O–H groups in total. The molecule has 0 unspecified atom stereocenters. The molecule has 3 nitrogen and oxygen atoms in total. The molecule has 1 aromatic carbocycles. The average molecular weight is 330 g/mol. The molecular weight excluding hydrogens is 306 g/mol. The number of benzene rings is 1. The van der Waals surface area contributed by atoms with Crippen molar-refractivity contribution in [3.63, 3.8) is 0 Å². The molecule has 118 valence electrons. The van der Waals surface area contributed by atoms with Gasteiger partial charge in [-0.25, -0.2) is 0 Å². The highest BCUT2D eigenvalue weighted by molar-refractivity contribution is 7.99. The van der Waals surface area contributed by atoms with Gasteiger partial charge in [0.05, 0.1) is 6.61 Å². The summed E-state index contributed by atoms with van der Waals surface area (Å²) in [6.07, 6.45) is 2.34. The highest BCUT2D eigenvalue weighted by atomic mass is 35.5. The van der Waals surface area contributed by atoms with Gasteiger partial charge in [-0.05, 0) is 37.1 Å². The molecule has 0 radical (unpaired) electrons. The molecule has 0 aliphatic rings. The first kappa shape index (κ1) is 18.3. The summed E-state index contributed by atoms with van der Waals surface area (Å²) in [5.41, 5.74) is 0. The van der Waals surface area contributed by atoms with E-state index in [1.165, 1.54) is 0 Å². The third-order valence-corrected chi connectivity index (χ3v) is 4.71. The van der Waals surface area contributed by atoms with Crippen molar-refractivity contribution < 1.29 is 9.90 Å². The van der Waals surface area contributed by atoms with E-state index < -0.39 is 0 Å². The fourth-order valence-electron chi connectivity index (χ4n) is 2.28. The standard InChI is InChI=1S/C16H24ClNO2S/c1-3-14(4-2)18(10-11-19)16(20)9-12-21-15-7-5-13(17)6-8-15/h5-8,14,19H,3-4,9-12H2,1-2H3. The van der Waals surface area contributed by atoms with Gasteiger partial charge in [0.25, 0.3) is 0 Å². The third kappa shape index (κ3) is 6.29. The summed E-state index contributed by atoms with van der Waals surface area (Å²) in [6.45, 7) is 4.60. The fourth-order valence-corrected chi connectivity index (χ4v) is 3.25. The molecule has 0 aromatic heterocycles. The summed E-state index contributed by atoms with van der Waals surface area (Å²) in [5.74, 6) is 0.863. The summed E-state index contributed by atoms with van der Waals surface area (Å²) in [5, 5.41) is 9.86. The highest BCUT2D eigenvalue weighted by Gasteiger charge is 2.19. The maximum absolute atomic E-state index is 12.3. The number of amides is 1. The number of carbonyl (C=O) groups is 1. The Morgan fingerprint density at radius 2 is 1.90 bits per heavy atom. The zero-order valence-electron chi connectivity index (χ0n) is 12.7. The van der Waals surface area contributed by atoms with Gasteiger partial charge in [-0.15, -0.1) is 11.8 Å². The Morgan fingerprint density at radius 3 is 2.43 bits per heavy atom. The molecule has 0 heterocycles. The van der Waals surface area contributed by atoms with Gasteiger partial charge in [0.1, 0.15) is 0 Å². The van der Waals surface area contributed by atoms with E-state index >= 15 is 0 Å². The first-order valence-electron chi connectivity index (χ1n) is 7.41. The maximum atomic E-state index is 12.3. The average Bonchev–Trinajstić information content (AvgIpc) is 2.49. The molecule has 1 aromatic rings. The van der Waals surface area contributed by atoms with E-state index in [-0.39, 0.29) is 18.6 Å². The Balaban J connectivity index is 2.47. The van der Waals surface area contributed by atoms with E-state index in [1.54, 1.807) is 11.8 Å². The fraction of sp³-hybridized carbons (Fsp3) is 0.562. The monoisotopic (exact) mass is 329 g/mol. The van der Waals surface area contributed by atoms with Crippen molar-refractivity contribution in [2.45, 2.75) is 44.0 Å². The Labute approximate surface area is 136 Å². The number of halogens is 1. The minimum absolute atomic E-state index is 0.0204. The van der Waals surface area contributed by atoms with Crippen molar-refractivity contribution in [2.24, 2.45) is 0 Å². The lowest BCUT2D eigenvalue weighted by Gasteiger charge is -2.30. The summed E-state index contributed by atoms with van der Waals surface area (Å²) in [4.78, 5) is 15.3. The smallest absolute Gasteiger partial charge is 0.223 e. The van der Waals surface area contributed by atoms with E-state index in [0.717, 1.165) is 28.5 Å². The van der Waals surface area contributed by atoms with Crippen molar-refractivity contribution in [3.8, 4) is 0 Å². The van der Waals surface area contributed by atoms with Gasteiger partial charge in [0.15, 0.2) is 0 Å². The summed E-state index contributed by atoms with van der Waals surface area (Å²) in [6, 6.07) is 7.86. The van der Waals surface area contributed by atoms with Crippen LogP contribution in [0.2, 0.25) is 5.02 Å². The normalized spacial score (nSPS) is 10.9. The molecule has 0 fully saturated rings. The second-order valence-electron chi connectivity index (χ2n) is 4.83. The van der Waals surface area contributed by atoms with E-state index in [0.29, 0.717) is 13.0 Å². The van der Waals surface area contributed by atoms with Crippen LogP contribution >= 0.6 is 23.4 Å². The van der Waals surface area contributed by atoms with Crippen LogP contribution in [0, 0.1) is 0 Å². The maximum Gasteiger partial charge on any atom is 0.223 e. The van der Waals surface area contributed by atoms with Crippen LogP contribution in [0.25, 0.3) is 0 Å². The molecule has 0 saturated carbocycles. The molecule has 1 amide bonds. The largest absolute Gasteiger partial charge is 0.395 e. The van der Waals surface area contributed by atoms with Gasteiger partial charge in [-0.2, -0.15) is 0 Å². The van der Waals surface area contributed by atoms with Crippen LogP contribution in [0.5, 0.6) is 0 Å². The lowest BCUT2D eigenvalue weighted by atomic mass is 10.1. The Kier molecular flexibility index (Phi) is 8.81. The number of aliphatic hydroxyl groups excluding tert-OH is 1. The molecule has 0 spiro atoms. The van der Waals surface area contributed by atoms with E-state index in [1.807, 2.05) is 29.2 Å². The summed E-state index contributed by atoms with van der Waals surface area (Å²) in [7, 11) is 0. The SMILES string of the molecule is CCC(CC)N(CCO)C(=O)CCSc1ccc(Cl)cc1. The van der Waals surface area contributed by atoms with Gasteiger partial charge in [0.2, 0.25) is 5.91 Å². The van der Waals surface area contributed by atoms with Gasteiger partial charge in [0, 0.05) is 34.7 Å². The number of thioether (sulfide) groups is 1. The minimum Gasteiger partial charge on any atom is -0.395 e. The van der Waals surface area contributed by atoms with Crippen LogP contribution in [0.1, 0.15) is 33.1 Å². The predicted octanol–water partition coefficient (Wildman–Crippen LogP) is 3.83. The Bertz CT molecular complexity index is 421. The summed E-state index contributed by atoms with van der Waals surface area (Å²) >= 11 is 7.50. The van der Waals surface area contributed by atoms with E-state index in [4.69, 9.17) is 16.7 Å².